The molecule has 0 fully saturated rings. The summed E-state index contributed by atoms with van der Waals surface area (Å²) >= 11 is 0. The van der Waals surface area contributed by atoms with Crippen molar-refractivity contribution in [1.29, 1.82) is 0 Å². The van der Waals surface area contributed by atoms with Gasteiger partial charge in [0.2, 0.25) is 0 Å². The number of aryl methyl sites for hydroxylation is 1. The predicted octanol–water partition coefficient (Wildman–Crippen LogP) is 3.04. The van der Waals surface area contributed by atoms with E-state index in [0.717, 1.165) is 17.1 Å². The molecule has 0 aliphatic carbocycles. The minimum atomic E-state index is -0.000823. The Hall–Kier alpha value is -2.62. The Morgan fingerprint density at radius 2 is 1.77 bits per heavy atom. The van der Waals surface area contributed by atoms with E-state index in [2.05, 4.69) is 4.98 Å². The molecule has 3 aromatic rings. The summed E-state index contributed by atoms with van der Waals surface area (Å²) in [5, 5.41) is 0.652. The van der Waals surface area contributed by atoms with Crippen LogP contribution in [-0.2, 0) is 13.0 Å². The van der Waals surface area contributed by atoms with Crippen molar-refractivity contribution in [1.82, 2.24) is 9.55 Å². The lowest BCUT2D eigenvalue weighted by molar-refractivity contribution is 0.294. The first-order chi connectivity index (χ1) is 10.8. The van der Waals surface area contributed by atoms with Gasteiger partial charge in [0.05, 0.1) is 17.4 Å². The van der Waals surface area contributed by atoms with Gasteiger partial charge in [-0.25, -0.2) is 4.98 Å². The summed E-state index contributed by atoms with van der Waals surface area (Å²) in [6.45, 7) is 2.94. The van der Waals surface area contributed by atoms with Crippen LogP contribution in [0.15, 0.2) is 59.4 Å². The highest BCUT2D eigenvalue weighted by molar-refractivity contribution is 5.77. The smallest absolute Gasteiger partial charge is 0.261 e. The molecule has 4 nitrogen and oxygen atoms in total. The monoisotopic (exact) mass is 294 g/mol. The van der Waals surface area contributed by atoms with Crippen LogP contribution in [0.3, 0.4) is 0 Å². The Morgan fingerprint density at radius 1 is 1.05 bits per heavy atom. The lowest BCUT2D eigenvalue weighted by atomic mass is 10.2. The largest absolute Gasteiger partial charge is 0.492 e. The first kappa shape index (κ1) is 14.3. The van der Waals surface area contributed by atoms with Crippen LogP contribution in [0.1, 0.15) is 12.7 Å². The summed E-state index contributed by atoms with van der Waals surface area (Å²) in [5.74, 6) is 1.60. The molecule has 3 rings (SSSR count). The van der Waals surface area contributed by atoms with Gasteiger partial charge in [0.25, 0.3) is 5.56 Å². The number of aromatic nitrogens is 2. The maximum Gasteiger partial charge on any atom is 0.261 e. The molecule has 0 spiro atoms. The van der Waals surface area contributed by atoms with Crippen molar-refractivity contribution in [2.24, 2.45) is 0 Å². The first-order valence-corrected chi connectivity index (χ1v) is 7.46. The zero-order valence-corrected chi connectivity index (χ0v) is 12.5. The van der Waals surface area contributed by atoms with Gasteiger partial charge in [-0.15, -0.1) is 0 Å². The second-order valence-corrected chi connectivity index (χ2v) is 5.02. The Labute approximate surface area is 129 Å². The minimum Gasteiger partial charge on any atom is -0.492 e. The summed E-state index contributed by atoms with van der Waals surface area (Å²) in [4.78, 5) is 17.2. The quantitative estimate of drug-likeness (QED) is 0.726. The number of para-hydroxylation sites is 2. The third kappa shape index (κ3) is 2.86. The molecule has 0 saturated heterocycles. The van der Waals surface area contributed by atoms with Crippen LogP contribution >= 0.6 is 0 Å². The predicted molar refractivity (Wildman–Crippen MR) is 87.3 cm³/mol. The van der Waals surface area contributed by atoms with Crippen LogP contribution in [0.25, 0.3) is 10.9 Å². The van der Waals surface area contributed by atoms with Gasteiger partial charge < -0.3 is 4.74 Å². The number of nitrogens with zero attached hydrogens (tertiary/aromatic N) is 2. The van der Waals surface area contributed by atoms with Crippen LogP contribution < -0.4 is 10.3 Å². The average molecular weight is 294 g/mol. The number of rotatable bonds is 5. The first-order valence-electron chi connectivity index (χ1n) is 7.46. The Balaban J connectivity index is 1.86. The molecule has 4 heteroatoms. The zero-order valence-electron chi connectivity index (χ0n) is 12.5. The molecule has 2 aromatic carbocycles. The van der Waals surface area contributed by atoms with E-state index in [4.69, 9.17) is 4.74 Å². The van der Waals surface area contributed by atoms with Crippen molar-refractivity contribution in [3.8, 4) is 5.75 Å². The zero-order chi connectivity index (χ0) is 15.4. The van der Waals surface area contributed by atoms with Crippen molar-refractivity contribution < 1.29 is 4.74 Å². The van der Waals surface area contributed by atoms with Crippen LogP contribution in [0.4, 0.5) is 0 Å². The summed E-state index contributed by atoms with van der Waals surface area (Å²) in [5.41, 5.74) is 0.753. The third-order valence-corrected chi connectivity index (χ3v) is 3.58. The van der Waals surface area contributed by atoms with E-state index in [-0.39, 0.29) is 5.56 Å². The lowest BCUT2D eigenvalue weighted by Gasteiger charge is -2.13. The Morgan fingerprint density at radius 3 is 2.55 bits per heavy atom. The van der Waals surface area contributed by atoms with Crippen LogP contribution in [-0.4, -0.2) is 16.2 Å². The lowest BCUT2D eigenvalue weighted by Crippen LogP contribution is -2.27. The van der Waals surface area contributed by atoms with Gasteiger partial charge in [-0.05, 0) is 24.3 Å². The van der Waals surface area contributed by atoms with Gasteiger partial charge in [-0.1, -0.05) is 37.3 Å². The van der Waals surface area contributed by atoms with Crippen LogP contribution in [0, 0.1) is 0 Å². The van der Waals surface area contributed by atoms with Crippen molar-refractivity contribution in [3.05, 3.63) is 70.8 Å². The molecule has 0 radical (unpaired) electrons. The van der Waals surface area contributed by atoms with Gasteiger partial charge in [0.15, 0.2) is 0 Å². The molecule has 1 heterocycles. The molecule has 0 aliphatic rings. The highest BCUT2D eigenvalue weighted by Crippen LogP contribution is 2.10. The molecule has 0 unspecified atom stereocenters. The molecule has 1 aromatic heterocycles. The average Bonchev–Trinajstić information content (AvgIpc) is 2.57. The van der Waals surface area contributed by atoms with Gasteiger partial charge >= 0.3 is 0 Å². The van der Waals surface area contributed by atoms with E-state index < -0.39 is 0 Å². The van der Waals surface area contributed by atoms with Gasteiger partial charge in [0, 0.05) is 6.42 Å². The fourth-order valence-corrected chi connectivity index (χ4v) is 2.49. The standard InChI is InChI=1S/C18H18N2O2/c1-2-17-19-16-11-7-6-10-15(16)18(21)20(17)12-13-22-14-8-4-3-5-9-14/h3-11H,2,12-13H2,1H3. The fraction of sp³-hybridized carbons (Fsp3) is 0.222. The van der Waals surface area contributed by atoms with Crippen LogP contribution in [0.5, 0.6) is 5.75 Å². The van der Waals surface area contributed by atoms with E-state index in [9.17, 15) is 4.79 Å². The molecule has 0 aliphatic heterocycles. The summed E-state index contributed by atoms with van der Waals surface area (Å²) in [6, 6.07) is 17.1. The second kappa shape index (κ2) is 6.43. The Kier molecular flexibility index (Phi) is 4.19. The highest BCUT2D eigenvalue weighted by atomic mass is 16.5. The van der Waals surface area contributed by atoms with Crippen molar-refractivity contribution in [2.45, 2.75) is 19.9 Å². The summed E-state index contributed by atoms with van der Waals surface area (Å²) in [6.07, 6.45) is 0.714. The number of benzene rings is 2. The maximum atomic E-state index is 12.6. The summed E-state index contributed by atoms with van der Waals surface area (Å²) in [7, 11) is 0. The number of ether oxygens (including phenoxy) is 1. The molecule has 0 amide bonds. The molecule has 0 N–H and O–H groups in total. The Bertz CT molecular complexity index is 825. The molecular formula is C18H18N2O2. The molecule has 0 saturated carbocycles. The van der Waals surface area contributed by atoms with E-state index in [1.54, 1.807) is 4.57 Å². The van der Waals surface area contributed by atoms with Crippen LogP contribution in [0.2, 0.25) is 0 Å². The molecule has 22 heavy (non-hydrogen) atoms. The molecular weight excluding hydrogens is 276 g/mol. The summed E-state index contributed by atoms with van der Waals surface area (Å²) < 4.78 is 7.40. The second-order valence-electron chi connectivity index (χ2n) is 5.02. The molecule has 0 bridgehead atoms. The highest BCUT2D eigenvalue weighted by Gasteiger charge is 2.09. The van der Waals surface area contributed by atoms with Crippen molar-refractivity contribution in [2.75, 3.05) is 6.61 Å². The fourth-order valence-electron chi connectivity index (χ4n) is 2.49. The van der Waals surface area contributed by atoms with Crippen molar-refractivity contribution >= 4 is 10.9 Å². The van der Waals surface area contributed by atoms with Gasteiger partial charge in [0.1, 0.15) is 18.2 Å². The van der Waals surface area contributed by atoms with Gasteiger partial charge in [-0.2, -0.15) is 0 Å². The topological polar surface area (TPSA) is 44.1 Å². The van der Waals surface area contributed by atoms with E-state index in [1.807, 2.05) is 61.5 Å². The molecule has 112 valence electrons. The number of hydrogen-bond donors (Lipinski definition) is 0. The van der Waals surface area contributed by atoms with Gasteiger partial charge in [-0.3, -0.25) is 9.36 Å². The van der Waals surface area contributed by atoms with E-state index >= 15 is 0 Å². The number of hydrogen-bond acceptors (Lipinski definition) is 3. The van der Waals surface area contributed by atoms with Crippen molar-refractivity contribution in [3.63, 3.8) is 0 Å². The maximum absolute atomic E-state index is 12.6. The third-order valence-electron chi connectivity index (χ3n) is 3.58. The van der Waals surface area contributed by atoms with E-state index in [1.165, 1.54) is 0 Å². The minimum absolute atomic E-state index is 0.000823. The number of fused-ring (bicyclic) bond motifs is 1. The SMILES string of the molecule is CCc1nc2ccccc2c(=O)n1CCOc1ccccc1. The normalized spacial score (nSPS) is 10.8. The van der Waals surface area contributed by atoms with E-state index in [0.29, 0.717) is 25.0 Å². The molecule has 0 atom stereocenters.